The summed E-state index contributed by atoms with van der Waals surface area (Å²) in [6, 6.07) is 15.7. The number of aromatic nitrogens is 3. The fraction of sp³-hybridized carbons (Fsp3) is 0. The van der Waals surface area contributed by atoms with Gasteiger partial charge in [-0.05, 0) is 36.4 Å². The van der Waals surface area contributed by atoms with Crippen LogP contribution >= 0.6 is 0 Å². The van der Waals surface area contributed by atoms with Crippen molar-refractivity contribution >= 4 is 65.3 Å². The van der Waals surface area contributed by atoms with Gasteiger partial charge in [0.2, 0.25) is 17.8 Å². The van der Waals surface area contributed by atoms with Gasteiger partial charge in [-0.1, -0.05) is 36.4 Å². The Labute approximate surface area is 222 Å². The Kier molecular flexibility index (Phi) is 7.50. The van der Waals surface area contributed by atoms with E-state index < -0.39 is 45.0 Å². The van der Waals surface area contributed by atoms with Crippen molar-refractivity contribution in [1.82, 2.24) is 15.0 Å². The maximum atomic E-state index is 11.8. The van der Waals surface area contributed by atoms with E-state index in [1.54, 1.807) is 0 Å². The first-order valence-corrected chi connectivity index (χ1v) is 14.8. The molecule has 1 aromatic heterocycles. The van der Waals surface area contributed by atoms with E-state index in [0.29, 0.717) is 0 Å². The first-order chi connectivity index (χ1) is 18.2. The van der Waals surface area contributed by atoms with Crippen LogP contribution in [0.4, 0.5) is 34.9 Å². The molecule has 1 heterocycles. The molecule has 18 heteroatoms. The summed E-state index contributed by atoms with van der Waals surface area (Å²) in [4.78, 5) is 10.7. The number of benzene rings is 3. The molecule has 3 aromatic carbocycles. The topological polar surface area (TPSA) is 238 Å². The summed E-state index contributed by atoms with van der Waals surface area (Å²) in [7, 11) is -14.0. The van der Waals surface area contributed by atoms with Crippen LogP contribution in [0.1, 0.15) is 0 Å². The largest absolute Gasteiger partial charge is 0.323 e. The highest BCUT2D eigenvalue weighted by Gasteiger charge is 2.20. The number of nitrogens with one attached hydrogen (secondary N) is 3. The van der Waals surface area contributed by atoms with Gasteiger partial charge in [0, 0.05) is 0 Å². The van der Waals surface area contributed by atoms with Crippen molar-refractivity contribution in [3.8, 4) is 0 Å². The number of para-hydroxylation sites is 3. The van der Waals surface area contributed by atoms with Crippen molar-refractivity contribution in [2.24, 2.45) is 0 Å². The van der Waals surface area contributed by atoms with E-state index in [2.05, 4.69) is 30.9 Å². The van der Waals surface area contributed by atoms with Gasteiger partial charge in [0.1, 0.15) is 14.7 Å². The fourth-order valence-corrected chi connectivity index (χ4v) is 5.23. The van der Waals surface area contributed by atoms with Crippen LogP contribution in [-0.2, 0) is 30.4 Å². The molecule has 0 atom stereocenters. The van der Waals surface area contributed by atoms with Crippen LogP contribution < -0.4 is 16.0 Å². The third kappa shape index (κ3) is 6.82. The van der Waals surface area contributed by atoms with Crippen molar-refractivity contribution < 1.29 is 38.9 Å². The number of rotatable bonds is 9. The van der Waals surface area contributed by atoms with Gasteiger partial charge in [-0.25, -0.2) is 0 Å². The van der Waals surface area contributed by atoms with Crippen LogP contribution in [0.3, 0.4) is 0 Å². The van der Waals surface area contributed by atoms with Crippen LogP contribution in [0, 0.1) is 0 Å². The number of hydrogen-bond donors (Lipinski definition) is 6. The van der Waals surface area contributed by atoms with Crippen LogP contribution in [0.25, 0.3) is 0 Å². The third-order valence-electron chi connectivity index (χ3n) is 4.87. The third-order valence-corrected chi connectivity index (χ3v) is 7.61. The van der Waals surface area contributed by atoms with Crippen molar-refractivity contribution in [1.29, 1.82) is 0 Å². The Morgan fingerprint density at radius 3 is 0.897 bits per heavy atom. The lowest BCUT2D eigenvalue weighted by atomic mass is 10.3. The van der Waals surface area contributed by atoms with Crippen LogP contribution in [0.15, 0.2) is 87.5 Å². The van der Waals surface area contributed by atoms with Gasteiger partial charge in [-0.2, -0.15) is 40.2 Å². The van der Waals surface area contributed by atoms with E-state index in [-0.39, 0.29) is 34.9 Å². The second kappa shape index (κ2) is 10.5. The van der Waals surface area contributed by atoms with E-state index in [0.717, 1.165) is 18.2 Å². The Bertz CT molecular complexity index is 1650. The molecule has 0 aliphatic carbocycles. The van der Waals surface area contributed by atoms with E-state index >= 15 is 0 Å². The zero-order valence-corrected chi connectivity index (χ0v) is 21.7. The van der Waals surface area contributed by atoms with Crippen LogP contribution in [0.2, 0.25) is 0 Å². The van der Waals surface area contributed by atoms with Crippen molar-refractivity contribution in [2.45, 2.75) is 14.7 Å². The SMILES string of the molecule is O=S(=O)(O)c1ccccc1Nc1nc(Nc2ccccc2S(=O)(=O)O)nc(Nc2ccccc2S(=O)(=O)O)n1. The van der Waals surface area contributed by atoms with Crippen LogP contribution in [0.5, 0.6) is 0 Å². The quantitative estimate of drug-likeness (QED) is 0.153. The molecule has 0 saturated carbocycles. The predicted molar refractivity (Wildman–Crippen MR) is 138 cm³/mol. The second-order valence-corrected chi connectivity index (χ2v) is 11.8. The maximum Gasteiger partial charge on any atom is 0.296 e. The lowest BCUT2D eigenvalue weighted by Crippen LogP contribution is -2.11. The molecular formula is C21H18N6O9S3. The van der Waals surface area contributed by atoms with Gasteiger partial charge in [0.05, 0.1) is 17.1 Å². The van der Waals surface area contributed by atoms with E-state index in [1.807, 2.05) is 0 Å². The van der Waals surface area contributed by atoms with Crippen LogP contribution in [-0.4, -0.2) is 53.9 Å². The molecule has 0 spiro atoms. The highest BCUT2D eigenvalue weighted by atomic mass is 32.2. The Morgan fingerprint density at radius 2 is 0.667 bits per heavy atom. The van der Waals surface area contributed by atoms with Gasteiger partial charge in [0.15, 0.2) is 0 Å². The lowest BCUT2D eigenvalue weighted by molar-refractivity contribution is 0.481. The second-order valence-electron chi connectivity index (χ2n) is 7.59. The zero-order chi connectivity index (χ0) is 28.4. The molecule has 0 amide bonds. The average Bonchev–Trinajstić information content (AvgIpc) is 2.83. The molecule has 0 bridgehead atoms. The van der Waals surface area contributed by atoms with Crippen molar-refractivity contribution in [3.63, 3.8) is 0 Å². The molecule has 0 aliphatic heterocycles. The number of nitrogens with zero attached hydrogens (tertiary/aromatic N) is 3. The minimum absolute atomic E-state index is 0.139. The zero-order valence-electron chi connectivity index (χ0n) is 19.3. The van der Waals surface area contributed by atoms with E-state index in [1.165, 1.54) is 54.6 Å². The summed E-state index contributed by atoms with van der Waals surface area (Å²) >= 11 is 0. The van der Waals surface area contributed by atoms with E-state index in [4.69, 9.17) is 0 Å². The molecule has 0 radical (unpaired) electrons. The Balaban J connectivity index is 1.83. The summed E-state index contributed by atoms with van der Waals surface area (Å²) in [5, 5.41) is 7.81. The standard InChI is InChI=1S/C21H18N6O9S3/c28-37(29,30)16-10-4-1-7-13(16)22-19-25-20(23-14-8-2-5-11-17(14)38(31,32)33)27-21(26-19)24-15-9-3-6-12-18(15)39(34,35)36/h1-12H,(H,28,29,30)(H,31,32,33)(H,34,35,36)(H3,22,23,24,25,26,27). The Morgan fingerprint density at radius 1 is 0.436 bits per heavy atom. The van der Waals surface area contributed by atoms with Crippen molar-refractivity contribution in [3.05, 3.63) is 72.8 Å². The van der Waals surface area contributed by atoms with Gasteiger partial charge >= 0.3 is 0 Å². The highest BCUT2D eigenvalue weighted by molar-refractivity contribution is 7.86. The molecule has 0 fully saturated rings. The van der Waals surface area contributed by atoms with Gasteiger partial charge in [-0.3, -0.25) is 13.7 Å². The summed E-state index contributed by atoms with van der Waals surface area (Å²) in [5.74, 6) is -1.00. The summed E-state index contributed by atoms with van der Waals surface area (Å²) < 4.78 is 99.5. The number of anilines is 6. The minimum Gasteiger partial charge on any atom is -0.323 e. The highest BCUT2D eigenvalue weighted by Crippen LogP contribution is 2.28. The molecule has 0 unspecified atom stereocenters. The number of hydrogen-bond acceptors (Lipinski definition) is 12. The molecule has 15 nitrogen and oxygen atoms in total. The fourth-order valence-electron chi connectivity index (χ4n) is 3.29. The lowest BCUT2D eigenvalue weighted by Gasteiger charge is -2.14. The van der Waals surface area contributed by atoms with Gasteiger partial charge < -0.3 is 16.0 Å². The average molecular weight is 595 g/mol. The van der Waals surface area contributed by atoms with Crippen molar-refractivity contribution in [2.75, 3.05) is 16.0 Å². The monoisotopic (exact) mass is 594 g/mol. The normalized spacial score (nSPS) is 12.1. The summed E-state index contributed by atoms with van der Waals surface area (Å²) in [6.07, 6.45) is 0. The molecule has 204 valence electrons. The Hall–Kier alpha value is -4.20. The molecule has 4 rings (SSSR count). The van der Waals surface area contributed by atoms with Gasteiger partial charge in [-0.15, -0.1) is 0 Å². The molecule has 4 aromatic rings. The summed E-state index contributed by atoms with van der Waals surface area (Å²) in [5.41, 5.74) is -0.417. The molecule has 0 saturated heterocycles. The smallest absolute Gasteiger partial charge is 0.296 e. The first kappa shape index (κ1) is 27.8. The van der Waals surface area contributed by atoms with Gasteiger partial charge in [0.25, 0.3) is 30.4 Å². The first-order valence-electron chi connectivity index (χ1n) is 10.5. The minimum atomic E-state index is -4.67. The molecule has 6 N–H and O–H groups in total. The molecule has 0 aliphatic rings. The molecular weight excluding hydrogens is 576 g/mol. The molecule has 39 heavy (non-hydrogen) atoms. The maximum absolute atomic E-state index is 11.8. The summed E-state index contributed by atoms with van der Waals surface area (Å²) in [6.45, 7) is 0. The predicted octanol–water partition coefficient (Wildman–Crippen LogP) is 2.84. The van der Waals surface area contributed by atoms with E-state index in [9.17, 15) is 38.9 Å².